The molecular weight excluding hydrogens is 477 g/mol. The Bertz CT molecular complexity index is 1320. The zero-order valence-corrected chi connectivity index (χ0v) is 19.7. The lowest BCUT2D eigenvalue weighted by Crippen LogP contribution is -2.25. The molecule has 4 aromatic rings. The number of benzene rings is 3. The molecule has 1 unspecified atom stereocenters. The molecule has 0 bridgehead atoms. The Morgan fingerprint density at radius 3 is 2.57 bits per heavy atom. The molecule has 5 nitrogen and oxygen atoms in total. The summed E-state index contributed by atoms with van der Waals surface area (Å²) in [5.74, 6) is 2.78. The second-order valence-corrected chi connectivity index (χ2v) is 9.28. The Kier molecular flexibility index (Phi) is 6.51. The molecule has 0 N–H and O–H groups in total. The maximum Gasteiger partial charge on any atom is 0.573 e. The van der Waals surface area contributed by atoms with Gasteiger partial charge in [-0.25, -0.2) is 4.98 Å². The first-order valence-electron chi connectivity index (χ1n) is 11.3. The van der Waals surface area contributed by atoms with Crippen molar-refractivity contribution in [3.05, 3.63) is 78.1 Å². The van der Waals surface area contributed by atoms with Crippen LogP contribution in [0.2, 0.25) is 0 Å². The summed E-state index contributed by atoms with van der Waals surface area (Å²) in [4.78, 5) is 6.00. The van der Waals surface area contributed by atoms with Crippen molar-refractivity contribution in [3.8, 4) is 17.2 Å². The van der Waals surface area contributed by atoms with Crippen molar-refractivity contribution in [3.63, 3.8) is 0 Å². The number of alkyl halides is 3. The largest absolute Gasteiger partial charge is 0.573 e. The van der Waals surface area contributed by atoms with Crippen LogP contribution in [-0.2, 0) is 6.54 Å². The molecule has 1 aliphatic rings. The van der Waals surface area contributed by atoms with E-state index in [9.17, 15) is 13.2 Å². The van der Waals surface area contributed by atoms with Gasteiger partial charge in [0.1, 0.15) is 12.4 Å². The van der Waals surface area contributed by atoms with E-state index in [1.807, 2.05) is 34.9 Å². The Labute approximate surface area is 204 Å². The van der Waals surface area contributed by atoms with Crippen molar-refractivity contribution in [2.75, 3.05) is 12.4 Å². The molecule has 35 heavy (non-hydrogen) atoms. The third-order valence-electron chi connectivity index (χ3n) is 5.52. The number of imidazole rings is 1. The first-order chi connectivity index (χ1) is 16.9. The van der Waals surface area contributed by atoms with Crippen LogP contribution in [0.15, 0.2) is 71.6 Å². The summed E-state index contributed by atoms with van der Waals surface area (Å²) in [6.07, 6.45) is -4.10. The van der Waals surface area contributed by atoms with Crippen LogP contribution in [0.1, 0.15) is 30.8 Å². The third kappa shape index (κ3) is 5.35. The topological polar surface area (TPSA) is 45.5 Å². The zero-order valence-electron chi connectivity index (χ0n) is 18.9. The molecular formula is C26H23F3N2O3S. The van der Waals surface area contributed by atoms with Gasteiger partial charge in [0.05, 0.1) is 11.0 Å². The number of para-hydroxylation sites is 2. The highest BCUT2D eigenvalue weighted by Gasteiger charge is 2.31. The minimum Gasteiger partial charge on any atom is -0.485 e. The van der Waals surface area contributed by atoms with Gasteiger partial charge in [-0.2, -0.15) is 0 Å². The van der Waals surface area contributed by atoms with E-state index >= 15 is 0 Å². The predicted octanol–water partition coefficient (Wildman–Crippen LogP) is 7.00. The Balaban J connectivity index is 1.50. The number of hydrogen-bond acceptors (Lipinski definition) is 5. The smallest absolute Gasteiger partial charge is 0.485 e. The molecule has 0 aliphatic carbocycles. The first-order valence-corrected chi connectivity index (χ1v) is 12.2. The van der Waals surface area contributed by atoms with Gasteiger partial charge in [0.25, 0.3) is 0 Å². The lowest BCUT2D eigenvalue weighted by Gasteiger charge is -2.26. The van der Waals surface area contributed by atoms with Crippen LogP contribution in [0.4, 0.5) is 13.2 Å². The summed E-state index contributed by atoms with van der Waals surface area (Å²) in [6.45, 7) is 2.84. The average molecular weight is 501 g/mol. The lowest BCUT2D eigenvalue weighted by atomic mass is 10.2. The summed E-state index contributed by atoms with van der Waals surface area (Å²) in [5.41, 5.74) is 2.56. The van der Waals surface area contributed by atoms with Crippen LogP contribution < -0.4 is 14.2 Å². The number of rotatable bonds is 7. The monoisotopic (exact) mass is 500 g/mol. The zero-order chi connectivity index (χ0) is 24.4. The van der Waals surface area contributed by atoms with Crippen molar-refractivity contribution >= 4 is 22.8 Å². The van der Waals surface area contributed by atoms with Gasteiger partial charge < -0.3 is 18.8 Å². The fourth-order valence-electron chi connectivity index (χ4n) is 3.97. The molecule has 3 aromatic carbocycles. The van der Waals surface area contributed by atoms with E-state index in [4.69, 9.17) is 14.5 Å². The van der Waals surface area contributed by atoms with E-state index in [0.717, 1.165) is 33.7 Å². The fourth-order valence-corrected chi connectivity index (χ4v) is 4.77. The second-order valence-electron chi connectivity index (χ2n) is 8.11. The highest BCUT2D eigenvalue weighted by atomic mass is 32.2. The van der Waals surface area contributed by atoms with Crippen molar-refractivity contribution in [1.82, 2.24) is 9.55 Å². The average Bonchev–Trinajstić information content (AvgIpc) is 3.20. The summed E-state index contributed by atoms with van der Waals surface area (Å²) >= 11 is 1.77. The second kappa shape index (κ2) is 9.73. The summed E-state index contributed by atoms with van der Waals surface area (Å²) in [6, 6.07) is 19.5. The molecule has 0 radical (unpaired) electrons. The molecule has 9 heteroatoms. The Morgan fingerprint density at radius 2 is 1.83 bits per heavy atom. The van der Waals surface area contributed by atoms with Crippen LogP contribution in [0.5, 0.6) is 17.2 Å². The SMILES string of the molecule is CCCSc1ccc2nc(C3COc4ccccc4O3)n(Cc3ccc(OC(F)(F)F)cc3)c2c1. The van der Waals surface area contributed by atoms with Gasteiger partial charge in [0.2, 0.25) is 0 Å². The molecule has 1 aromatic heterocycles. The van der Waals surface area contributed by atoms with Crippen LogP contribution in [0.25, 0.3) is 11.0 Å². The minimum absolute atomic E-state index is 0.254. The van der Waals surface area contributed by atoms with Crippen molar-refractivity contribution in [1.29, 1.82) is 0 Å². The van der Waals surface area contributed by atoms with Crippen LogP contribution in [0, 0.1) is 0 Å². The van der Waals surface area contributed by atoms with Gasteiger partial charge in [0.15, 0.2) is 23.4 Å². The molecule has 1 aliphatic heterocycles. The van der Waals surface area contributed by atoms with Gasteiger partial charge in [-0.1, -0.05) is 31.2 Å². The molecule has 0 amide bonds. The molecule has 5 rings (SSSR count). The van der Waals surface area contributed by atoms with Gasteiger partial charge in [-0.05, 0) is 60.2 Å². The maximum absolute atomic E-state index is 12.5. The third-order valence-corrected chi connectivity index (χ3v) is 6.72. The number of halogens is 3. The summed E-state index contributed by atoms with van der Waals surface area (Å²) in [5, 5.41) is 0. The first kappa shape index (κ1) is 23.4. The standard InChI is InChI=1S/C26H23F3N2O3S/c1-2-13-35-19-11-12-20-21(14-19)31(15-17-7-9-18(10-8-17)34-26(27,28)29)25(30-20)24-16-32-22-5-3-4-6-23(22)33-24/h3-12,14,24H,2,13,15-16H2,1H3. The van der Waals surface area contributed by atoms with Gasteiger partial charge in [0, 0.05) is 11.4 Å². The number of aromatic nitrogens is 2. The van der Waals surface area contributed by atoms with E-state index in [2.05, 4.69) is 23.8 Å². The molecule has 0 saturated carbocycles. The Morgan fingerprint density at radius 1 is 1.06 bits per heavy atom. The molecule has 182 valence electrons. The van der Waals surface area contributed by atoms with Crippen LogP contribution in [0.3, 0.4) is 0 Å². The number of thioether (sulfide) groups is 1. The number of nitrogens with zero attached hydrogens (tertiary/aromatic N) is 2. The van der Waals surface area contributed by atoms with Crippen molar-refractivity contribution in [2.45, 2.75) is 37.3 Å². The van der Waals surface area contributed by atoms with Crippen LogP contribution >= 0.6 is 11.8 Å². The number of fused-ring (bicyclic) bond motifs is 2. The highest BCUT2D eigenvalue weighted by molar-refractivity contribution is 7.99. The van der Waals surface area contributed by atoms with E-state index in [0.29, 0.717) is 30.5 Å². The van der Waals surface area contributed by atoms with Gasteiger partial charge in [-0.3, -0.25) is 0 Å². The molecule has 0 fully saturated rings. The van der Waals surface area contributed by atoms with Crippen LogP contribution in [-0.4, -0.2) is 28.3 Å². The van der Waals surface area contributed by atoms with E-state index in [-0.39, 0.29) is 5.75 Å². The van der Waals surface area contributed by atoms with E-state index in [1.165, 1.54) is 12.1 Å². The summed E-state index contributed by atoms with van der Waals surface area (Å²) < 4.78 is 55.9. The van der Waals surface area contributed by atoms with E-state index < -0.39 is 12.5 Å². The highest BCUT2D eigenvalue weighted by Crippen LogP contribution is 2.37. The van der Waals surface area contributed by atoms with Gasteiger partial charge >= 0.3 is 6.36 Å². The quantitative estimate of drug-likeness (QED) is 0.256. The number of ether oxygens (including phenoxy) is 3. The van der Waals surface area contributed by atoms with Gasteiger partial charge in [-0.15, -0.1) is 24.9 Å². The van der Waals surface area contributed by atoms with Crippen molar-refractivity contribution < 1.29 is 27.4 Å². The molecule has 1 atom stereocenters. The predicted molar refractivity (Wildman–Crippen MR) is 128 cm³/mol. The molecule has 0 saturated heterocycles. The van der Waals surface area contributed by atoms with E-state index in [1.54, 1.807) is 23.9 Å². The Hall–Kier alpha value is -3.33. The molecule has 2 heterocycles. The van der Waals surface area contributed by atoms with Crippen molar-refractivity contribution in [2.24, 2.45) is 0 Å². The number of hydrogen-bond donors (Lipinski definition) is 0. The lowest BCUT2D eigenvalue weighted by molar-refractivity contribution is -0.274. The summed E-state index contributed by atoms with van der Waals surface area (Å²) in [7, 11) is 0. The minimum atomic E-state index is -4.73. The molecule has 0 spiro atoms. The maximum atomic E-state index is 12.5. The fraction of sp³-hybridized carbons (Fsp3) is 0.269. The normalized spacial score (nSPS) is 15.4.